The van der Waals surface area contributed by atoms with E-state index < -0.39 is 0 Å². The van der Waals surface area contributed by atoms with Crippen molar-refractivity contribution < 1.29 is 9.53 Å². The van der Waals surface area contributed by atoms with Crippen LogP contribution in [0.25, 0.3) is 0 Å². The Bertz CT molecular complexity index is 509. The second kappa shape index (κ2) is 5.97. The third-order valence-electron chi connectivity index (χ3n) is 2.49. The van der Waals surface area contributed by atoms with Crippen molar-refractivity contribution in [3.8, 4) is 0 Å². The first kappa shape index (κ1) is 12.3. The summed E-state index contributed by atoms with van der Waals surface area (Å²) in [6.45, 7) is 0.939. The van der Waals surface area contributed by atoms with Crippen LogP contribution in [0.2, 0.25) is 0 Å². The van der Waals surface area contributed by atoms with Gasteiger partial charge in [0.2, 0.25) is 0 Å². The molecule has 0 atom stereocenters. The number of H-pyrrole nitrogens is 1. The number of nitrogens with zero attached hydrogens (tertiary/aromatic N) is 1. The van der Waals surface area contributed by atoms with Crippen LogP contribution in [0, 0.1) is 0 Å². The molecule has 1 aromatic heterocycles. The molecule has 2 N–H and O–H groups in total. The maximum absolute atomic E-state index is 11.9. The molecule has 0 saturated carbocycles. The lowest BCUT2D eigenvalue weighted by atomic mass is 10.1. The van der Waals surface area contributed by atoms with Crippen LogP contribution >= 0.6 is 0 Å². The molecule has 0 saturated heterocycles. The van der Waals surface area contributed by atoms with Gasteiger partial charge >= 0.3 is 0 Å². The molecule has 5 heteroatoms. The van der Waals surface area contributed by atoms with Gasteiger partial charge in [0.15, 0.2) is 0 Å². The lowest BCUT2D eigenvalue weighted by Crippen LogP contribution is -2.23. The zero-order chi connectivity index (χ0) is 12.8. The number of methoxy groups -OCH3 is 1. The number of hydrogen-bond donors (Lipinski definition) is 2. The Hall–Kier alpha value is -2.14. The quantitative estimate of drug-likeness (QED) is 0.838. The van der Waals surface area contributed by atoms with Gasteiger partial charge in [-0.1, -0.05) is 12.1 Å². The Morgan fingerprint density at radius 2 is 2.39 bits per heavy atom. The van der Waals surface area contributed by atoms with Crippen molar-refractivity contribution in [2.24, 2.45) is 0 Å². The molecule has 2 aromatic rings. The molecule has 1 heterocycles. The lowest BCUT2D eigenvalue weighted by Gasteiger charge is -2.05. The number of carbonyl (C=O) groups excluding carboxylic acids is 1. The summed E-state index contributed by atoms with van der Waals surface area (Å²) in [5.74, 6) is -0.109. The van der Waals surface area contributed by atoms with Gasteiger partial charge in [0.05, 0.1) is 25.2 Å². The van der Waals surface area contributed by atoms with Gasteiger partial charge in [0.1, 0.15) is 0 Å². The molecule has 0 radical (unpaired) electrons. The largest absolute Gasteiger partial charge is 0.380 e. The van der Waals surface area contributed by atoms with E-state index in [1.54, 1.807) is 25.7 Å². The fourth-order valence-corrected chi connectivity index (χ4v) is 1.63. The molecule has 0 spiro atoms. The van der Waals surface area contributed by atoms with E-state index in [2.05, 4.69) is 15.3 Å². The first-order chi connectivity index (χ1) is 8.79. The molecule has 1 aromatic carbocycles. The van der Waals surface area contributed by atoms with Gasteiger partial charge in [-0.05, 0) is 17.7 Å². The summed E-state index contributed by atoms with van der Waals surface area (Å²) < 4.78 is 5.04. The Morgan fingerprint density at radius 1 is 1.50 bits per heavy atom. The van der Waals surface area contributed by atoms with Gasteiger partial charge in [-0.15, -0.1) is 0 Å². The summed E-state index contributed by atoms with van der Waals surface area (Å²) in [7, 11) is 1.63. The number of amides is 1. The van der Waals surface area contributed by atoms with Gasteiger partial charge in [-0.25, -0.2) is 4.98 Å². The number of aromatic nitrogens is 2. The molecular formula is C13H15N3O2. The van der Waals surface area contributed by atoms with Crippen molar-refractivity contribution in [1.29, 1.82) is 0 Å². The summed E-state index contributed by atoms with van der Waals surface area (Å²) in [6.07, 6.45) is 3.27. The highest BCUT2D eigenvalue weighted by Gasteiger charge is 2.06. The molecule has 18 heavy (non-hydrogen) atoms. The van der Waals surface area contributed by atoms with E-state index >= 15 is 0 Å². The molecule has 5 nitrogen and oxygen atoms in total. The Labute approximate surface area is 105 Å². The highest BCUT2D eigenvalue weighted by Crippen LogP contribution is 2.06. The van der Waals surface area contributed by atoms with Gasteiger partial charge in [-0.3, -0.25) is 4.79 Å². The van der Waals surface area contributed by atoms with E-state index in [0.717, 1.165) is 11.3 Å². The van der Waals surface area contributed by atoms with Crippen LogP contribution in [-0.2, 0) is 17.9 Å². The van der Waals surface area contributed by atoms with Crippen LogP contribution in [0.4, 0.5) is 0 Å². The topological polar surface area (TPSA) is 67.0 Å². The second-order valence-corrected chi connectivity index (χ2v) is 3.89. The number of nitrogens with one attached hydrogen (secondary N) is 2. The Morgan fingerprint density at radius 3 is 3.11 bits per heavy atom. The molecule has 0 aliphatic heterocycles. The maximum Gasteiger partial charge on any atom is 0.251 e. The molecule has 2 rings (SSSR count). The van der Waals surface area contributed by atoms with Crippen LogP contribution in [0.5, 0.6) is 0 Å². The zero-order valence-electron chi connectivity index (χ0n) is 10.1. The molecule has 0 aliphatic carbocycles. The van der Waals surface area contributed by atoms with Gasteiger partial charge in [0, 0.05) is 18.9 Å². The van der Waals surface area contributed by atoms with Crippen LogP contribution in [0.3, 0.4) is 0 Å². The third-order valence-corrected chi connectivity index (χ3v) is 2.49. The minimum absolute atomic E-state index is 0.109. The fourth-order valence-electron chi connectivity index (χ4n) is 1.63. The highest BCUT2D eigenvalue weighted by atomic mass is 16.5. The summed E-state index contributed by atoms with van der Waals surface area (Å²) in [6, 6.07) is 7.38. The first-order valence-electron chi connectivity index (χ1n) is 5.63. The van der Waals surface area contributed by atoms with E-state index in [4.69, 9.17) is 4.74 Å². The molecule has 0 fully saturated rings. The number of rotatable bonds is 5. The maximum atomic E-state index is 11.9. The van der Waals surface area contributed by atoms with Gasteiger partial charge in [0.25, 0.3) is 5.91 Å². The lowest BCUT2D eigenvalue weighted by molar-refractivity contribution is 0.0950. The number of carbonyl (C=O) groups is 1. The zero-order valence-corrected chi connectivity index (χ0v) is 10.1. The average Bonchev–Trinajstić information content (AvgIpc) is 2.90. The second-order valence-electron chi connectivity index (χ2n) is 3.89. The summed E-state index contributed by atoms with van der Waals surface area (Å²) in [5, 5.41) is 2.82. The SMILES string of the molecule is COCc1cccc(C(=O)NCc2cnc[nH]2)c1. The van der Waals surface area contributed by atoms with Crippen LogP contribution in [0.15, 0.2) is 36.8 Å². The van der Waals surface area contributed by atoms with Gasteiger partial charge < -0.3 is 15.0 Å². The summed E-state index contributed by atoms with van der Waals surface area (Å²) in [4.78, 5) is 18.7. The van der Waals surface area contributed by atoms with E-state index in [0.29, 0.717) is 18.7 Å². The predicted octanol–water partition coefficient (Wildman–Crippen LogP) is 1.49. The number of hydrogen-bond acceptors (Lipinski definition) is 3. The number of ether oxygens (including phenoxy) is 1. The van der Waals surface area contributed by atoms with Crippen molar-refractivity contribution in [3.05, 3.63) is 53.6 Å². The van der Waals surface area contributed by atoms with E-state index in [-0.39, 0.29) is 5.91 Å². The van der Waals surface area contributed by atoms with Crippen LogP contribution in [-0.4, -0.2) is 23.0 Å². The predicted molar refractivity (Wildman–Crippen MR) is 66.9 cm³/mol. The van der Waals surface area contributed by atoms with Crippen LogP contribution < -0.4 is 5.32 Å². The summed E-state index contributed by atoms with van der Waals surface area (Å²) >= 11 is 0. The Balaban J connectivity index is 1.97. The minimum atomic E-state index is -0.109. The molecule has 1 amide bonds. The third kappa shape index (κ3) is 3.18. The minimum Gasteiger partial charge on any atom is -0.380 e. The van der Waals surface area contributed by atoms with E-state index in [1.807, 2.05) is 18.2 Å². The van der Waals surface area contributed by atoms with E-state index in [1.165, 1.54) is 0 Å². The monoisotopic (exact) mass is 245 g/mol. The standard InChI is InChI=1S/C13H15N3O2/c1-18-8-10-3-2-4-11(5-10)13(17)15-7-12-6-14-9-16-12/h2-6,9H,7-8H2,1H3,(H,14,16)(H,15,17). The average molecular weight is 245 g/mol. The fraction of sp³-hybridized carbons (Fsp3) is 0.231. The van der Waals surface area contributed by atoms with Crippen LogP contribution in [0.1, 0.15) is 21.6 Å². The number of aromatic amines is 1. The molecule has 0 unspecified atom stereocenters. The molecule has 0 aliphatic rings. The molecule has 94 valence electrons. The van der Waals surface area contributed by atoms with Crippen molar-refractivity contribution >= 4 is 5.91 Å². The first-order valence-corrected chi connectivity index (χ1v) is 5.63. The number of imidazole rings is 1. The highest BCUT2D eigenvalue weighted by molar-refractivity contribution is 5.94. The molecular weight excluding hydrogens is 230 g/mol. The van der Waals surface area contributed by atoms with Crippen molar-refractivity contribution in [2.75, 3.05) is 7.11 Å². The normalized spacial score (nSPS) is 10.3. The van der Waals surface area contributed by atoms with E-state index in [9.17, 15) is 4.79 Å². The van der Waals surface area contributed by atoms with Gasteiger partial charge in [-0.2, -0.15) is 0 Å². The van der Waals surface area contributed by atoms with Crippen molar-refractivity contribution in [1.82, 2.24) is 15.3 Å². The summed E-state index contributed by atoms with van der Waals surface area (Å²) in [5.41, 5.74) is 2.48. The number of benzene rings is 1. The van der Waals surface area contributed by atoms with Crippen molar-refractivity contribution in [2.45, 2.75) is 13.2 Å². The smallest absolute Gasteiger partial charge is 0.251 e. The van der Waals surface area contributed by atoms with Crippen molar-refractivity contribution in [3.63, 3.8) is 0 Å². The molecule has 0 bridgehead atoms. The Kier molecular flexibility index (Phi) is 4.09.